The van der Waals surface area contributed by atoms with E-state index < -0.39 is 0 Å². The van der Waals surface area contributed by atoms with Gasteiger partial charge in [0.25, 0.3) is 0 Å². The van der Waals surface area contributed by atoms with Crippen molar-refractivity contribution < 1.29 is 4.74 Å². The van der Waals surface area contributed by atoms with Crippen molar-refractivity contribution in [3.8, 4) is 5.75 Å². The van der Waals surface area contributed by atoms with Crippen molar-refractivity contribution in [2.45, 2.75) is 38.1 Å². The zero-order valence-corrected chi connectivity index (χ0v) is 12.6. The van der Waals surface area contributed by atoms with E-state index in [1.807, 2.05) is 19.1 Å². The molecule has 1 aliphatic rings. The van der Waals surface area contributed by atoms with E-state index in [9.17, 15) is 0 Å². The third-order valence-electron chi connectivity index (χ3n) is 4.43. The van der Waals surface area contributed by atoms with Crippen molar-refractivity contribution in [2.24, 2.45) is 5.73 Å². The molecule has 0 bridgehead atoms. The van der Waals surface area contributed by atoms with Gasteiger partial charge in [0.2, 0.25) is 0 Å². The third-order valence-corrected chi connectivity index (χ3v) is 4.43. The van der Waals surface area contributed by atoms with Crippen molar-refractivity contribution >= 4 is 0 Å². The molecule has 0 saturated carbocycles. The van der Waals surface area contributed by atoms with Crippen molar-refractivity contribution in [2.75, 3.05) is 6.61 Å². The monoisotopic (exact) mass is 281 g/mol. The maximum Gasteiger partial charge on any atom is 0.119 e. The second-order valence-corrected chi connectivity index (χ2v) is 5.73. The maximum atomic E-state index is 6.57. The fourth-order valence-corrected chi connectivity index (χ4v) is 3.35. The summed E-state index contributed by atoms with van der Waals surface area (Å²) in [6.07, 6.45) is 3.58. The Labute approximate surface area is 126 Å². The van der Waals surface area contributed by atoms with Gasteiger partial charge in [-0.2, -0.15) is 0 Å². The van der Waals surface area contributed by atoms with Crippen LogP contribution in [0.4, 0.5) is 0 Å². The first-order chi connectivity index (χ1) is 10.3. The number of nitrogens with two attached hydrogens (primary N) is 1. The summed E-state index contributed by atoms with van der Waals surface area (Å²) >= 11 is 0. The molecule has 0 aliphatic heterocycles. The second-order valence-electron chi connectivity index (χ2n) is 5.73. The van der Waals surface area contributed by atoms with Crippen LogP contribution in [0.25, 0.3) is 0 Å². The fourth-order valence-electron chi connectivity index (χ4n) is 3.35. The van der Waals surface area contributed by atoms with E-state index in [2.05, 4.69) is 36.4 Å². The average molecular weight is 281 g/mol. The van der Waals surface area contributed by atoms with Crippen molar-refractivity contribution in [1.82, 2.24) is 0 Å². The molecule has 21 heavy (non-hydrogen) atoms. The number of rotatable bonds is 4. The van der Waals surface area contributed by atoms with Gasteiger partial charge in [0, 0.05) is 12.0 Å². The van der Waals surface area contributed by atoms with Gasteiger partial charge in [0.1, 0.15) is 5.75 Å². The van der Waals surface area contributed by atoms with Crippen LogP contribution in [0, 0.1) is 0 Å². The quantitative estimate of drug-likeness (QED) is 0.911. The molecule has 3 rings (SSSR count). The standard InChI is InChI=1S/C19H23NO/c1-2-21-16-12-10-15(11-13-16)19(20)18-9-5-7-14-6-3-4-8-17(14)18/h3-4,6,8,10-13,18-19H,2,5,7,9,20H2,1H3. The van der Waals surface area contributed by atoms with Gasteiger partial charge in [-0.15, -0.1) is 0 Å². The Morgan fingerprint density at radius 2 is 1.90 bits per heavy atom. The van der Waals surface area contributed by atoms with Gasteiger partial charge in [-0.1, -0.05) is 36.4 Å². The summed E-state index contributed by atoms with van der Waals surface area (Å²) in [6, 6.07) is 17.0. The van der Waals surface area contributed by atoms with Gasteiger partial charge in [-0.05, 0) is 55.0 Å². The molecule has 0 radical (unpaired) electrons. The Kier molecular flexibility index (Phi) is 4.26. The molecule has 2 N–H and O–H groups in total. The molecule has 0 spiro atoms. The first-order valence-electron chi connectivity index (χ1n) is 7.85. The van der Waals surface area contributed by atoms with Crippen LogP contribution in [0.5, 0.6) is 5.75 Å². The lowest BCUT2D eigenvalue weighted by molar-refractivity contribution is 0.340. The predicted octanol–water partition coefficient (Wildman–Crippen LogP) is 4.21. The highest BCUT2D eigenvalue weighted by Gasteiger charge is 2.26. The van der Waals surface area contributed by atoms with Gasteiger partial charge >= 0.3 is 0 Å². The summed E-state index contributed by atoms with van der Waals surface area (Å²) < 4.78 is 5.50. The van der Waals surface area contributed by atoms with Crippen LogP contribution < -0.4 is 10.5 Å². The lowest BCUT2D eigenvalue weighted by Gasteiger charge is -2.30. The van der Waals surface area contributed by atoms with E-state index in [4.69, 9.17) is 10.5 Å². The second kappa shape index (κ2) is 6.31. The minimum atomic E-state index is 0.0575. The lowest BCUT2D eigenvalue weighted by atomic mass is 9.77. The number of hydrogen-bond acceptors (Lipinski definition) is 2. The summed E-state index contributed by atoms with van der Waals surface area (Å²) in [4.78, 5) is 0. The molecular weight excluding hydrogens is 258 g/mol. The summed E-state index contributed by atoms with van der Waals surface area (Å²) in [7, 11) is 0. The SMILES string of the molecule is CCOc1ccc(C(N)C2CCCc3ccccc32)cc1. The van der Waals surface area contributed by atoms with Crippen LogP contribution in [-0.2, 0) is 6.42 Å². The number of hydrogen-bond donors (Lipinski definition) is 1. The molecule has 0 aromatic heterocycles. The molecule has 0 saturated heterocycles. The highest BCUT2D eigenvalue weighted by molar-refractivity contribution is 5.37. The van der Waals surface area contributed by atoms with Crippen LogP contribution in [-0.4, -0.2) is 6.61 Å². The van der Waals surface area contributed by atoms with Gasteiger partial charge in [-0.25, -0.2) is 0 Å². The van der Waals surface area contributed by atoms with Gasteiger partial charge in [0.05, 0.1) is 6.61 Å². The zero-order chi connectivity index (χ0) is 14.7. The molecule has 0 fully saturated rings. The normalized spacial score (nSPS) is 18.9. The minimum absolute atomic E-state index is 0.0575. The zero-order valence-electron chi connectivity index (χ0n) is 12.6. The average Bonchev–Trinajstić information content (AvgIpc) is 2.55. The molecule has 0 heterocycles. The van der Waals surface area contributed by atoms with Crippen molar-refractivity contribution in [1.29, 1.82) is 0 Å². The van der Waals surface area contributed by atoms with E-state index in [1.165, 1.54) is 36.0 Å². The van der Waals surface area contributed by atoms with Gasteiger partial charge < -0.3 is 10.5 Å². The fraction of sp³-hybridized carbons (Fsp3) is 0.368. The number of benzene rings is 2. The van der Waals surface area contributed by atoms with E-state index in [0.29, 0.717) is 12.5 Å². The van der Waals surface area contributed by atoms with Crippen LogP contribution in [0.15, 0.2) is 48.5 Å². The van der Waals surface area contributed by atoms with Crippen LogP contribution >= 0.6 is 0 Å². The Hall–Kier alpha value is -1.80. The minimum Gasteiger partial charge on any atom is -0.494 e. The summed E-state index contributed by atoms with van der Waals surface area (Å²) in [6.45, 7) is 2.69. The smallest absolute Gasteiger partial charge is 0.119 e. The van der Waals surface area contributed by atoms with E-state index in [1.54, 1.807) is 0 Å². The molecule has 0 amide bonds. The molecule has 2 aromatic carbocycles. The summed E-state index contributed by atoms with van der Waals surface area (Å²) in [5, 5.41) is 0. The Morgan fingerprint density at radius 3 is 2.67 bits per heavy atom. The Bertz CT molecular complexity index is 591. The largest absolute Gasteiger partial charge is 0.494 e. The van der Waals surface area contributed by atoms with Crippen molar-refractivity contribution in [3.05, 3.63) is 65.2 Å². The third kappa shape index (κ3) is 2.96. The molecule has 2 heteroatoms. The molecule has 1 aliphatic carbocycles. The van der Waals surface area contributed by atoms with E-state index in [-0.39, 0.29) is 6.04 Å². The molecule has 2 atom stereocenters. The maximum absolute atomic E-state index is 6.57. The number of aryl methyl sites for hydroxylation is 1. The molecule has 2 nitrogen and oxygen atoms in total. The Morgan fingerprint density at radius 1 is 1.14 bits per heavy atom. The highest BCUT2D eigenvalue weighted by atomic mass is 16.5. The summed E-state index contributed by atoms with van der Waals surface area (Å²) in [5.41, 5.74) is 10.7. The van der Waals surface area contributed by atoms with Crippen LogP contribution in [0.2, 0.25) is 0 Å². The number of fused-ring (bicyclic) bond motifs is 1. The summed E-state index contributed by atoms with van der Waals surface area (Å²) in [5.74, 6) is 1.34. The van der Waals surface area contributed by atoms with E-state index in [0.717, 1.165) is 5.75 Å². The topological polar surface area (TPSA) is 35.2 Å². The van der Waals surface area contributed by atoms with Gasteiger partial charge in [0.15, 0.2) is 0 Å². The van der Waals surface area contributed by atoms with Gasteiger partial charge in [-0.3, -0.25) is 0 Å². The van der Waals surface area contributed by atoms with Crippen LogP contribution in [0.3, 0.4) is 0 Å². The van der Waals surface area contributed by atoms with Crippen LogP contribution in [0.1, 0.15) is 48.4 Å². The first-order valence-corrected chi connectivity index (χ1v) is 7.85. The van der Waals surface area contributed by atoms with Crippen molar-refractivity contribution in [3.63, 3.8) is 0 Å². The molecule has 110 valence electrons. The highest BCUT2D eigenvalue weighted by Crippen LogP contribution is 2.39. The first kappa shape index (κ1) is 14.2. The predicted molar refractivity (Wildman–Crippen MR) is 86.7 cm³/mol. The molecule has 2 unspecified atom stereocenters. The lowest BCUT2D eigenvalue weighted by Crippen LogP contribution is -2.23. The number of ether oxygens (including phenoxy) is 1. The molecule has 2 aromatic rings. The van der Waals surface area contributed by atoms with E-state index >= 15 is 0 Å². The molecular formula is C19H23NO. The Balaban J connectivity index is 1.84.